The maximum Gasteiger partial charge on any atom is 0.213 e. The van der Waals surface area contributed by atoms with Crippen LogP contribution < -0.4 is 15.0 Å². The second kappa shape index (κ2) is 8.51. The SMILES string of the molecule is COc1cc(-c2ccc(-c3cnc(N(C4CC4)[C@@H]4CC5CCC(N5)[C@@H]4F)cn3)c(O)c2)ccn1. The lowest BCUT2D eigenvalue weighted by molar-refractivity contribution is 0.171. The quantitative estimate of drug-likeness (QED) is 0.571. The number of piperidine rings is 1. The Kier molecular flexibility index (Phi) is 5.32. The Morgan fingerprint density at radius 1 is 1.03 bits per heavy atom. The molecule has 1 aromatic carbocycles. The number of nitrogens with zero attached hydrogens (tertiary/aromatic N) is 4. The molecule has 4 atom stereocenters. The van der Waals surface area contributed by atoms with Crippen LogP contribution in [0.15, 0.2) is 48.9 Å². The second-order valence-electron chi connectivity index (χ2n) is 9.51. The molecule has 2 saturated heterocycles. The van der Waals surface area contributed by atoms with Gasteiger partial charge in [-0.05, 0) is 61.4 Å². The third-order valence-electron chi connectivity index (χ3n) is 7.31. The summed E-state index contributed by atoms with van der Waals surface area (Å²) in [4.78, 5) is 15.6. The third-order valence-corrected chi connectivity index (χ3v) is 7.31. The number of nitrogens with one attached hydrogen (secondary N) is 1. The molecule has 2 bridgehead atoms. The minimum atomic E-state index is -0.899. The van der Waals surface area contributed by atoms with E-state index in [2.05, 4.69) is 25.2 Å². The number of hydrogen-bond donors (Lipinski definition) is 2. The van der Waals surface area contributed by atoms with Crippen LogP contribution in [0.4, 0.5) is 10.2 Å². The third kappa shape index (κ3) is 3.86. The molecule has 0 radical (unpaired) electrons. The van der Waals surface area contributed by atoms with Crippen LogP contribution in [0, 0.1) is 0 Å². The molecule has 1 saturated carbocycles. The lowest BCUT2D eigenvalue weighted by Gasteiger charge is -2.41. The van der Waals surface area contributed by atoms with Crippen LogP contribution in [0.5, 0.6) is 11.6 Å². The topological polar surface area (TPSA) is 83.4 Å². The number of benzene rings is 1. The van der Waals surface area contributed by atoms with Crippen molar-refractivity contribution in [3.05, 3.63) is 48.9 Å². The summed E-state index contributed by atoms with van der Waals surface area (Å²) in [6.07, 6.45) is 9.08. The van der Waals surface area contributed by atoms with Gasteiger partial charge in [-0.25, -0.2) is 14.4 Å². The molecule has 2 aliphatic heterocycles. The fourth-order valence-corrected chi connectivity index (χ4v) is 5.45. The molecule has 176 valence electrons. The van der Waals surface area contributed by atoms with Crippen LogP contribution in [0.1, 0.15) is 32.1 Å². The highest BCUT2D eigenvalue weighted by atomic mass is 19.1. The van der Waals surface area contributed by atoms with Gasteiger partial charge in [0.15, 0.2) is 0 Å². The van der Waals surface area contributed by atoms with Gasteiger partial charge in [-0.3, -0.25) is 4.98 Å². The summed E-state index contributed by atoms with van der Waals surface area (Å²) in [6.45, 7) is 0. The molecule has 7 nitrogen and oxygen atoms in total. The highest BCUT2D eigenvalue weighted by Crippen LogP contribution is 2.40. The summed E-state index contributed by atoms with van der Waals surface area (Å²) >= 11 is 0. The number of aromatic hydroxyl groups is 1. The van der Waals surface area contributed by atoms with Gasteiger partial charge in [-0.15, -0.1) is 0 Å². The number of ether oxygens (including phenoxy) is 1. The van der Waals surface area contributed by atoms with E-state index in [-0.39, 0.29) is 17.8 Å². The Morgan fingerprint density at radius 3 is 2.62 bits per heavy atom. The normalized spacial score (nSPS) is 25.8. The molecule has 6 rings (SSSR count). The van der Waals surface area contributed by atoms with Crippen molar-refractivity contribution in [3.8, 4) is 34.0 Å². The van der Waals surface area contributed by atoms with Gasteiger partial charge in [-0.1, -0.05) is 6.07 Å². The van der Waals surface area contributed by atoms with Gasteiger partial charge in [0, 0.05) is 36.0 Å². The van der Waals surface area contributed by atoms with Crippen molar-refractivity contribution >= 4 is 5.82 Å². The average Bonchev–Trinajstić information content (AvgIpc) is 3.62. The average molecular weight is 462 g/mol. The number of phenolic OH excluding ortho intramolecular Hbond substituents is 1. The standard InChI is InChI=1S/C26H28FN5O2/c1-34-25-11-16(8-9-28-25)15-2-6-19(23(33)10-15)21-13-30-24(14-29-21)32(18-4-5-18)22-12-17-3-7-20(31-17)26(22)27/h2,6,8-11,13-14,17-18,20,22,26,31,33H,3-5,7,12H2,1H3/t17?,20?,22-,26+/m1/s1. The van der Waals surface area contributed by atoms with Gasteiger partial charge in [0.25, 0.3) is 0 Å². The number of aromatic nitrogens is 3. The lowest BCUT2D eigenvalue weighted by atomic mass is 9.96. The molecule has 0 spiro atoms. The molecule has 1 aliphatic carbocycles. The Balaban J connectivity index is 1.26. The summed E-state index contributed by atoms with van der Waals surface area (Å²) in [6, 6.07) is 9.68. The van der Waals surface area contributed by atoms with E-state index in [9.17, 15) is 5.11 Å². The second-order valence-corrected chi connectivity index (χ2v) is 9.51. The van der Waals surface area contributed by atoms with Crippen LogP contribution in [0.2, 0.25) is 0 Å². The summed E-state index contributed by atoms with van der Waals surface area (Å²) in [5.41, 5.74) is 2.93. The van der Waals surface area contributed by atoms with Crippen LogP contribution >= 0.6 is 0 Å². The minimum Gasteiger partial charge on any atom is -0.507 e. The largest absolute Gasteiger partial charge is 0.507 e. The van der Waals surface area contributed by atoms with E-state index < -0.39 is 6.17 Å². The number of pyridine rings is 1. The summed E-state index contributed by atoms with van der Waals surface area (Å²) < 4.78 is 20.5. The zero-order chi connectivity index (χ0) is 23.2. The van der Waals surface area contributed by atoms with E-state index >= 15 is 4.39 Å². The molecule has 3 fully saturated rings. The van der Waals surface area contributed by atoms with Crippen molar-refractivity contribution in [3.63, 3.8) is 0 Å². The molecule has 2 aromatic heterocycles. The van der Waals surface area contributed by atoms with E-state index in [1.807, 2.05) is 24.3 Å². The Bertz CT molecular complexity index is 1190. The number of phenols is 1. The Morgan fingerprint density at radius 2 is 1.88 bits per heavy atom. The van der Waals surface area contributed by atoms with Crippen molar-refractivity contribution in [2.45, 2.75) is 62.4 Å². The van der Waals surface area contributed by atoms with E-state index in [1.165, 1.54) is 0 Å². The van der Waals surface area contributed by atoms with E-state index in [1.54, 1.807) is 31.8 Å². The van der Waals surface area contributed by atoms with Gasteiger partial charge < -0.3 is 20.1 Å². The lowest BCUT2D eigenvalue weighted by Crippen LogP contribution is -2.57. The van der Waals surface area contributed by atoms with Crippen LogP contribution in [-0.4, -0.2) is 57.5 Å². The zero-order valence-electron chi connectivity index (χ0n) is 19.1. The van der Waals surface area contributed by atoms with Crippen molar-refractivity contribution in [1.82, 2.24) is 20.3 Å². The zero-order valence-corrected chi connectivity index (χ0v) is 19.1. The first-order chi connectivity index (χ1) is 16.6. The van der Waals surface area contributed by atoms with Gasteiger partial charge >= 0.3 is 0 Å². The van der Waals surface area contributed by atoms with Gasteiger partial charge in [0.2, 0.25) is 5.88 Å². The number of methoxy groups -OCH3 is 1. The molecule has 3 aliphatic rings. The molecule has 2 unspecified atom stereocenters. The predicted octanol–water partition coefficient (Wildman–Crippen LogP) is 4.12. The summed E-state index contributed by atoms with van der Waals surface area (Å²) in [7, 11) is 1.57. The Labute approximate surface area is 198 Å². The molecular weight excluding hydrogens is 433 g/mol. The number of rotatable bonds is 6. The van der Waals surface area contributed by atoms with Crippen molar-refractivity contribution in [2.75, 3.05) is 12.0 Å². The number of halogens is 1. The fraction of sp³-hybridized carbons (Fsp3) is 0.423. The van der Waals surface area contributed by atoms with Crippen molar-refractivity contribution in [1.29, 1.82) is 0 Å². The highest BCUT2D eigenvalue weighted by Gasteiger charge is 2.48. The first-order valence-electron chi connectivity index (χ1n) is 11.9. The molecule has 2 N–H and O–H groups in total. The molecule has 8 heteroatoms. The van der Waals surface area contributed by atoms with Gasteiger partial charge in [0.05, 0.1) is 31.2 Å². The molecular formula is C26H28FN5O2. The van der Waals surface area contributed by atoms with Gasteiger partial charge in [0.1, 0.15) is 17.7 Å². The van der Waals surface area contributed by atoms with Crippen molar-refractivity contribution < 1.29 is 14.2 Å². The fourth-order valence-electron chi connectivity index (χ4n) is 5.45. The monoisotopic (exact) mass is 461 g/mol. The highest BCUT2D eigenvalue weighted by molar-refractivity contribution is 5.74. The maximum atomic E-state index is 15.3. The van der Waals surface area contributed by atoms with E-state index in [0.717, 1.165) is 49.0 Å². The smallest absolute Gasteiger partial charge is 0.213 e. The number of hydrogen-bond acceptors (Lipinski definition) is 7. The van der Waals surface area contributed by atoms with Gasteiger partial charge in [-0.2, -0.15) is 0 Å². The minimum absolute atomic E-state index is 0.0481. The molecule has 34 heavy (non-hydrogen) atoms. The number of anilines is 1. The first-order valence-corrected chi connectivity index (χ1v) is 11.9. The maximum absolute atomic E-state index is 15.3. The predicted molar refractivity (Wildman–Crippen MR) is 128 cm³/mol. The van der Waals surface area contributed by atoms with Crippen LogP contribution in [-0.2, 0) is 0 Å². The number of fused-ring (bicyclic) bond motifs is 2. The Hall–Kier alpha value is -3.26. The summed E-state index contributed by atoms with van der Waals surface area (Å²) in [5, 5.41) is 14.2. The first kappa shape index (κ1) is 21.3. The number of alkyl halides is 1. The van der Waals surface area contributed by atoms with Crippen molar-refractivity contribution in [2.24, 2.45) is 0 Å². The molecule has 3 aromatic rings. The molecule has 0 amide bonds. The van der Waals surface area contributed by atoms with E-state index in [4.69, 9.17) is 4.74 Å². The van der Waals surface area contributed by atoms with Crippen LogP contribution in [0.3, 0.4) is 0 Å². The summed E-state index contributed by atoms with van der Waals surface area (Å²) in [5.74, 6) is 1.35. The molecule has 4 heterocycles. The van der Waals surface area contributed by atoms with Crippen LogP contribution in [0.25, 0.3) is 22.4 Å². The van der Waals surface area contributed by atoms with E-state index in [0.29, 0.717) is 29.2 Å².